The zero-order valence-electron chi connectivity index (χ0n) is 12.5. The number of carboxylic acids is 1. The van der Waals surface area contributed by atoms with Crippen LogP contribution in [0.1, 0.15) is 38.5 Å². The maximum atomic E-state index is 12.4. The fourth-order valence-corrected chi connectivity index (χ4v) is 4.42. The molecule has 0 bridgehead atoms. The second-order valence-electron chi connectivity index (χ2n) is 6.69. The predicted molar refractivity (Wildman–Crippen MR) is 76.0 cm³/mol. The van der Waals surface area contributed by atoms with Gasteiger partial charge in [0.2, 0.25) is 0 Å². The third-order valence-corrected chi connectivity index (χ3v) is 5.65. The number of carbonyl (C=O) groups is 2. The van der Waals surface area contributed by atoms with Crippen molar-refractivity contribution in [2.24, 2.45) is 11.3 Å². The molecule has 2 N–H and O–H groups in total. The monoisotopic (exact) mass is 296 g/mol. The molecule has 6 heteroatoms. The topological polar surface area (TPSA) is 78.9 Å². The number of hydrogen-bond donors (Lipinski definition) is 2. The van der Waals surface area contributed by atoms with Crippen molar-refractivity contribution in [1.29, 1.82) is 0 Å². The summed E-state index contributed by atoms with van der Waals surface area (Å²) in [7, 11) is 1.68. The molecule has 3 fully saturated rings. The molecule has 0 aromatic heterocycles. The Kier molecular flexibility index (Phi) is 3.82. The molecular weight excluding hydrogens is 272 g/mol. The normalized spacial score (nSPS) is 38.5. The first-order valence-corrected chi connectivity index (χ1v) is 7.88. The molecule has 0 radical (unpaired) electrons. The van der Waals surface area contributed by atoms with Crippen LogP contribution in [0.4, 0.5) is 4.79 Å². The Bertz CT molecular complexity index is 441. The van der Waals surface area contributed by atoms with Crippen LogP contribution in [-0.2, 0) is 9.53 Å². The van der Waals surface area contributed by atoms with Crippen molar-refractivity contribution in [2.75, 3.05) is 20.2 Å². The molecule has 4 atom stereocenters. The number of ether oxygens (including phenoxy) is 1. The van der Waals surface area contributed by atoms with Crippen molar-refractivity contribution in [1.82, 2.24) is 10.2 Å². The Morgan fingerprint density at radius 1 is 1.29 bits per heavy atom. The van der Waals surface area contributed by atoms with E-state index in [1.807, 2.05) is 0 Å². The minimum absolute atomic E-state index is 0.0590. The first-order valence-electron chi connectivity index (χ1n) is 7.88. The van der Waals surface area contributed by atoms with Crippen LogP contribution >= 0.6 is 0 Å². The quantitative estimate of drug-likeness (QED) is 0.826. The Labute approximate surface area is 124 Å². The van der Waals surface area contributed by atoms with E-state index in [4.69, 9.17) is 4.74 Å². The lowest BCUT2D eigenvalue weighted by Gasteiger charge is -2.26. The van der Waals surface area contributed by atoms with E-state index in [2.05, 4.69) is 5.32 Å². The number of nitrogens with zero attached hydrogens (tertiary/aromatic N) is 1. The smallest absolute Gasteiger partial charge is 0.317 e. The van der Waals surface area contributed by atoms with E-state index in [1.54, 1.807) is 12.0 Å². The van der Waals surface area contributed by atoms with Crippen LogP contribution in [0, 0.1) is 11.3 Å². The van der Waals surface area contributed by atoms with Gasteiger partial charge in [0.15, 0.2) is 0 Å². The molecule has 0 aromatic carbocycles. The van der Waals surface area contributed by atoms with Gasteiger partial charge in [0, 0.05) is 20.2 Å². The van der Waals surface area contributed by atoms with Gasteiger partial charge < -0.3 is 20.1 Å². The fourth-order valence-electron chi connectivity index (χ4n) is 4.42. The molecule has 0 spiro atoms. The minimum Gasteiger partial charge on any atom is -0.481 e. The summed E-state index contributed by atoms with van der Waals surface area (Å²) in [4.78, 5) is 25.8. The number of carbonyl (C=O) groups excluding carboxylic acids is 1. The van der Waals surface area contributed by atoms with Gasteiger partial charge in [-0.25, -0.2) is 4.79 Å². The first-order chi connectivity index (χ1) is 10.1. The number of rotatable bonds is 3. The molecule has 1 aliphatic heterocycles. The number of carboxylic acid groups (broad SMARTS) is 1. The second kappa shape index (κ2) is 5.48. The largest absolute Gasteiger partial charge is 0.481 e. The fraction of sp³-hybridized carbons (Fsp3) is 0.867. The molecular formula is C15H24N2O4. The molecule has 2 amide bonds. The molecule has 0 unspecified atom stereocenters. The van der Waals surface area contributed by atoms with Crippen LogP contribution in [0.25, 0.3) is 0 Å². The summed E-state index contributed by atoms with van der Waals surface area (Å²) >= 11 is 0. The number of amides is 2. The number of hydrogen-bond acceptors (Lipinski definition) is 3. The molecule has 118 valence electrons. The Hall–Kier alpha value is -1.30. The molecule has 2 aliphatic carbocycles. The third kappa shape index (κ3) is 2.39. The van der Waals surface area contributed by atoms with Crippen LogP contribution in [-0.4, -0.2) is 54.4 Å². The molecule has 21 heavy (non-hydrogen) atoms. The van der Waals surface area contributed by atoms with Crippen LogP contribution < -0.4 is 5.32 Å². The molecule has 3 rings (SSSR count). The third-order valence-electron chi connectivity index (χ3n) is 5.65. The molecule has 6 nitrogen and oxygen atoms in total. The number of likely N-dealkylation sites (tertiary alicyclic amines) is 1. The van der Waals surface area contributed by atoms with E-state index in [0.717, 1.165) is 32.1 Å². The predicted octanol–water partition coefficient (Wildman–Crippen LogP) is 1.45. The average Bonchev–Trinajstić information content (AvgIpc) is 3.10. The number of methoxy groups -OCH3 is 1. The van der Waals surface area contributed by atoms with E-state index in [-0.39, 0.29) is 24.1 Å². The lowest BCUT2D eigenvalue weighted by Crippen LogP contribution is -2.48. The average molecular weight is 296 g/mol. The molecule has 3 aliphatic rings. The van der Waals surface area contributed by atoms with Gasteiger partial charge in [0.1, 0.15) is 0 Å². The highest BCUT2D eigenvalue weighted by atomic mass is 16.5. The van der Waals surface area contributed by atoms with Gasteiger partial charge in [0.25, 0.3) is 0 Å². The lowest BCUT2D eigenvalue weighted by atomic mass is 9.81. The van der Waals surface area contributed by atoms with Gasteiger partial charge in [-0.1, -0.05) is 6.42 Å². The van der Waals surface area contributed by atoms with Gasteiger partial charge in [-0.15, -0.1) is 0 Å². The maximum absolute atomic E-state index is 12.4. The van der Waals surface area contributed by atoms with E-state index in [9.17, 15) is 14.7 Å². The van der Waals surface area contributed by atoms with Crippen LogP contribution in [0.5, 0.6) is 0 Å². The zero-order chi connectivity index (χ0) is 15.0. The van der Waals surface area contributed by atoms with Gasteiger partial charge in [-0.3, -0.25) is 4.79 Å². The summed E-state index contributed by atoms with van der Waals surface area (Å²) in [5.74, 6) is -0.626. The Morgan fingerprint density at radius 2 is 2.10 bits per heavy atom. The van der Waals surface area contributed by atoms with Crippen LogP contribution in [0.2, 0.25) is 0 Å². The maximum Gasteiger partial charge on any atom is 0.317 e. The summed E-state index contributed by atoms with van der Waals surface area (Å²) in [5, 5.41) is 12.6. The van der Waals surface area contributed by atoms with Crippen molar-refractivity contribution in [2.45, 2.75) is 50.7 Å². The van der Waals surface area contributed by atoms with Crippen molar-refractivity contribution >= 4 is 12.0 Å². The zero-order valence-corrected chi connectivity index (χ0v) is 12.5. The number of urea groups is 1. The van der Waals surface area contributed by atoms with E-state index in [0.29, 0.717) is 19.5 Å². The summed E-state index contributed by atoms with van der Waals surface area (Å²) in [6.07, 6.45) is 5.63. The number of fused-ring (bicyclic) bond motifs is 1. The highest BCUT2D eigenvalue weighted by Gasteiger charge is 2.56. The van der Waals surface area contributed by atoms with Crippen molar-refractivity contribution < 1.29 is 19.4 Å². The van der Waals surface area contributed by atoms with E-state index in [1.165, 1.54) is 0 Å². The summed E-state index contributed by atoms with van der Waals surface area (Å²) in [6, 6.07) is -0.0670. The van der Waals surface area contributed by atoms with Crippen molar-refractivity contribution in [3.8, 4) is 0 Å². The SMILES string of the molecule is CO[C@@H]1CCC[C@H]1NC(=O)N1C[C@@H]2CCC[C@@]2(C(=O)O)C1. The van der Waals surface area contributed by atoms with Gasteiger partial charge in [0.05, 0.1) is 17.6 Å². The second-order valence-corrected chi connectivity index (χ2v) is 6.69. The lowest BCUT2D eigenvalue weighted by molar-refractivity contribution is -0.149. The molecule has 0 aromatic rings. The minimum atomic E-state index is -0.740. The highest BCUT2D eigenvalue weighted by Crippen LogP contribution is 2.48. The first kappa shape index (κ1) is 14.6. The van der Waals surface area contributed by atoms with Crippen molar-refractivity contribution in [3.05, 3.63) is 0 Å². The Morgan fingerprint density at radius 3 is 2.76 bits per heavy atom. The number of aliphatic carboxylic acids is 1. The van der Waals surface area contributed by atoms with Gasteiger partial charge in [-0.2, -0.15) is 0 Å². The molecule has 1 heterocycles. The van der Waals surface area contributed by atoms with Crippen molar-refractivity contribution in [3.63, 3.8) is 0 Å². The van der Waals surface area contributed by atoms with Gasteiger partial charge in [-0.05, 0) is 38.0 Å². The Balaban J connectivity index is 1.63. The standard InChI is InChI=1S/C15H24N2O4/c1-21-12-6-2-5-11(12)16-14(20)17-8-10-4-3-7-15(10,9-17)13(18)19/h10-12H,2-9H2,1H3,(H,16,20)(H,18,19)/t10-,11+,12+,15+/m0/s1. The molecule has 1 saturated heterocycles. The summed E-state index contributed by atoms with van der Waals surface area (Å²) < 4.78 is 5.39. The van der Waals surface area contributed by atoms with Crippen LogP contribution in [0.15, 0.2) is 0 Å². The number of nitrogens with one attached hydrogen (secondary N) is 1. The van der Waals surface area contributed by atoms with E-state index < -0.39 is 11.4 Å². The van der Waals surface area contributed by atoms with E-state index >= 15 is 0 Å². The summed E-state index contributed by atoms with van der Waals surface area (Å²) in [5.41, 5.74) is -0.701. The summed E-state index contributed by atoms with van der Waals surface area (Å²) in [6.45, 7) is 0.922. The van der Waals surface area contributed by atoms with Crippen LogP contribution in [0.3, 0.4) is 0 Å². The molecule has 2 saturated carbocycles. The highest BCUT2D eigenvalue weighted by molar-refractivity contribution is 5.80. The van der Waals surface area contributed by atoms with Gasteiger partial charge >= 0.3 is 12.0 Å².